The molecule has 0 radical (unpaired) electrons. The summed E-state index contributed by atoms with van der Waals surface area (Å²) in [5.74, 6) is 2.56. The highest BCUT2D eigenvalue weighted by Gasteiger charge is 2.16. The minimum atomic E-state index is 0.725. The Hall–Kier alpha value is -1.85. The quantitative estimate of drug-likeness (QED) is 0.943. The monoisotopic (exact) mass is 317 g/mol. The van der Waals surface area contributed by atoms with Gasteiger partial charge in [0.05, 0.1) is 0 Å². The molecular weight excluding hydrogens is 298 g/mol. The molecule has 0 atom stereocenters. The zero-order valence-corrected chi connectivity index (χ0v) is 13.6. The fourth-order valence-corrected chi connectivity index (χ4v) is 2.62. The van der Waals surface area contributed by atoms with Gasteiger partial charge in [-0.1, -0.05) is 11.6 Å². The van der Waals surface area contributed by atoms with E-state index in [-0.39, 0.29) is 0 Å². The number of hydrogen-bond donors (Lipinski definition) is 1. The molecule has 1 aromatic heterocycles. The molecule has 1 fully saturated rings. The first kappa shape index (κ1) is 15.1. The molecule has 0 spiro atoms. The van der Waals surface area contributed by atoms with Crippen LogP contribution >= 0.6 is 11.6 Å². The summed E-state index contributed by atoms with van der Waals surface area (Å²) >= 11 is 5.91. The van der Waals surface area contributed by atoms with Crippen LogP contribution in [0.25, 0.3) is 0 Å². The molecule has 0 unspecified atom stereocenters. The number of hydrogen-bond acceptors (Lipinski definition) is 5. The summed E-state index contributed by atoms with van der Waals surface area (Å²) in [7, 11) is 2.15. The average molecular weight is 318 g/mol. The Kier molecular flexibility index (Phi) is 4.45. The molecule has 3 rings (SSSR count). The predicted octanol–water partition coefficient (Wildman–Crippen LogP) is 2.93. The lowest BCUT2D eigenvalue weighted by atomic mass is 10.3. The maximum Gasteiger partial charge on any atom is 0.136 e. The van der Waals surface area contributed by atoms with Gasteiger partial charge in [-0.2, -0.15) is 0 Å². The maximum absolute atomic E-state index is 5.91. The molecule has 6 heteroatoms. The van der Waals surface area contributed by atoms with Crippen LogP contribution in [0.4, 0.5) is 17.3 Å². The lowest BCUT2D eigenvalue weighted by molar-refractivity contribution is 0.312. The van der Waals surface area contributed by atoms with E-state index in [1.165, 1.54) is 0 Å². The summed E-state index contributed by atoms with van der Waals surface area (Å²) in [5, 5.41) is 4.04. The minimum absolute atomic E-state index is 0.725. The topological polar surface area (TPSA) is 44.3 Å². The van der Waals surface area contributed by atoms with Crippen molar-refractivity contribution in [3.05, 3.63) is 41.2 Å². The molecule has 22 heavy (non-hydrogen) atoms. The van der Waals surface area contributed by atoms with Gasteiger partial charge in [-0.3, -0.25) is 0 Å². The molecule has 2 aromatic rings. The molecule has 116 valence electrons. The van der Waals surface area contributed by atoms with Crippen molar-refractivity contribution in [1.29, 1.82) is 0 Å². The Morgan fingerprint density at radius 3 is 2.41 bits per heavy atom. The SMILES string of the molecule is Cc1nc(Nc2ccc(Cl)cc2)cc(N2CCN(C)CC2)n1. The first-order chi connectivity index (χ1) is 10.6. The first-order valence-corrected chi connectivity index (χ1v) is 7.80. The highest BCUT2D eigenvalue weighted by molar-refractivity contribution is 6.30. The van der Waals surface area contributed by atoms with Gasteiger partial charge in [0.2, 0.25) is 0 Å². The third kappa shape index (κ3) is 3.67. The van der Waals surface area contributed by atoms with Crippen LogP contribution < -0.4 is 10.2 Å². The Morgan fingerprint density at radius 1 is 1.05 bits per heavy atom. The summed E-state index contributed by atoms with van der Waals surface area (Å²) in [6.45, 7) is 6.03. The van der Waals surface area contributed by atoms with Crippen LogP contribution in [-0.2, 0) is 0 Å². The molecule has 1 aliphatic rings. The Bertz CT molecular complexity index is 635. The van der Waals surface area contributed by atoms with Crippen LogP contribution in [-0.4, -0.2) is 48.1 Å². The number of rotatable bonds is 3. The Morgan fingerprint density at radius 2 is 1.73 bits per heavy atom. The van der Waals surface area contributed by atoms with Crippen molar-refractivity contribution in [1.82, 2.24) is 14.9 Å². The van der Waals surface area contributed by atoms with Gasteiger partial charge in [0.1, 0.15) is 17.5 Å². The Balaban J connectivity index is 1.79. The van der Waals surface area contributed by atoms with Gasteiger partial charge >= 0.3 is 0 Å². The fraction of sp³-hybridized carbons (Fsp3) is 0.375. The van der Waals surface area contributed by atoms with E-state index in [0.717, 1.165) is 54.3 Å². The van der Waals surface area contributed by atoms with Gasteiger partial charge in [-0.25, -0.2) is 9.97 Å². The summed E-state index contributed by atoms with van der Waals surface area (Å²) in [6.07, 6.45) is 0. The first-order valence-electron chi connectivity index (χ1n) is 7.42. The standard InChI is InChI=1S/C16H20ClN5/c1-12-18-15(20-14-5-3-13(17)4-6-14)11-16(19-12)22-9-7-21(2)8-10-22/h3-6,11H,7-10H2,1-2H3,(H,18,19,20). The molecule has 1 aromatic carbocycles. The number of halogens is 1. The minimum Gasteiger partial charge on any atom is -0.354 e. The van der Waals surface area contributed by atoms with Crippen LogP contribution in [0.15, 0.2) is 30.3 Å². The van der Waals surface area contributed by atoms with E-state index in [0.29, 0.717) is 0 Å². The number of benzene rings is 1. The van der Waals surface area contributed by atoms with Crippen molar-refractivity contribution >= 4 is 28.9 Å². The lowest BCUT2D eigenvalue weighted by Gasteiger charge is -2.33. The van der Waals surface area contributed by atoms with Crippen LogP contribution in [0.3, 0.4) is 0 Å². The molecule has 1 saturated heterocycles. The second kappa shape index (κ2) is 6.50. The van der Waals surface area contributed by atoms with E-state index in [2.05, 4.69) is 32.1 Å². The number of nitrogens with one attached hydrogen (secondary N) is 1. The molecule has 0 bridgehead atoms. The van der Waals surface area contributed by atoms with Crippen LogP contribution in [0, 0.1) is 6.92 Å². The number of aryl methyl sites for hydroxylation is 1. The van der Waals surface area contributed by atoms with Crippen LogP contribution in [0.2, 0.25) is 5.02 Å². The van der Waals surface area contributed by atoms with Gasteiger partial charge < -0.3 is 15.1 Å². The van der Waals surface area contributed by atoms with Gasteiger partial charge in [0.25, 0.3) is 0 Å². The van der Waals surface area contributed by atoms with E-state index in [9.17, 15) is 0 Å². The summed E-state index contributed by atoms with van der Waals surface area (Å²) < 4.78 is 0. The number of nitrogens with zero attached hydrogens (tertiary/aromatic N) is 4. The van der Waals surface area contributed by atoms with E-state index < -0.39 is 0 Å². The summed E-state index contributed by atoms with van der Waals surface area (Å²) in [6, 6.07) is 9.61. The van der Waals surface area contributed by atoms with Crippen molar-refractivity contribution in [2.75, 3.05) is 43.4 Å². The number of likely N-dealkylation sites (N-methyl/N-ethyl adjacent to an activating group) is 1. The molecule has 0 saturated carbocycles. The highest BCUT2D eigenvalue weighted by atomic mass is 35.5. The van der Waals surface area contributed by atoms with E-state index in [1.54, 1.807) is 0 Å². The molecule has 5 nitrogen and oxygen atoms in total. The molecule has 0 aliphatic carbocycles. The van der Waals surface area contributed by atoms with Gasteiger partial charge in [0, 0.05) is 43.0 Å². The zero-order valence-electron chi connectivity index (χ0n) is 12.9. The van der Waals surface area contributed by atoms with Crippen molar-refractivity contribution < 1.29 is 0 Å². The van der Waals surface area contributed by atoms with Crippen molar-refractivity contribution in [2.45, 2.75) is 6.92 Å². The fourth-order valence-electron chi connectivity index (χ4n) is 2.49. The number of aromatic nitrogens is 2. The van der Waals surface area contributed by atoms with E-state index >= 15 is 0 Å². The van der Waals surface area contributed by atoms with Crippen LogP contribution in [0.1, 0.15) is 5.82 Å². The number of piperazine rings is 1. The van der Waals surface area contributed by atoms with Gasteiger partial charge in [0.15, 0.2) is 0 Å². The summed E-state index contributed by atoms with van der Waals surface area (Å²) in [5.41, 5.74) is 0.965. The van der Waals surface area contributed by atoms with Gasteiger partial charge in [-0.05, 0) is 38.2 Å². The smallest absolute Gasteiger partial charge is 0.136 e. The molecular formula is C16H20ClN5. The highest BCUT2D eigenvalue weighted by Crippen LogP contribution is 2.21. The normalized spacial score (nSPS) is 15.9. The third-order valence-corrected chi connectivity index (χ3v) is 4.02. The lowest BCUT2D eigenvalue weighted by Crippen LogP contribution is -2.44. The third-order valence-electron chi connectivity index (χ3n) is 3.77. The zero-order chi connectivity index (χ0) is 15.5. The van der Waals surface area contributed by atoms with E-state index in [4.69, 9.17) is 11.6 Å². The molecule has 1 aliphatic heterocycles. The predicted molar refractivity (Wildman–Crippen MR) is 91.2 cm³/mol. The van der Waals surface area contributed by atoms with Crippen molar-refractivity contribution in [3.63, 3.8) is 0 Å². The summed E-state index contributed by atoms with van der Waals surface area (Å²) in [4.78, 5) is 13.7. The van der Waals surface area contributed by atoms with Gasteiger partial charge in [-0.15, -0.1) is 0 Å². The van der Waals surface area contributed by atoms with Crippen molar-refractivity contribution in [3.8, 4) is 0 Å². The Labute approximate surface area is 135 Å². The number of anilines is 3. The second-order valence-corrected chi connectivity index (χ2v) is 6.02. The average Bonchev–Trinajstić information content (AvgIpc) is 2.50. The van der Waals surface area contributed by atoms with Crippen LogP contribution in [0.5, 0.6) is 0 Å². The molecule has 0 amide bonds. The van der Waals surface area contributed by atoms with Crippen molar-refractivity contribution in [2.24, 2.45) is 0 Å². The second-order valence-electron chi connectivity index (χ2n) is 5.58. The van der Waals surface area contributed by atoms with E-state index in [1.807, 2.05) is 37.3 Å². The largest absolute Gasteiger partial charge is 0.354 e. The molecule has 1 N–H and O–H groups in total. The molecule has 2 heterocycles. The maximum atomic E-state index is 5.91.